The van der Waals surface area contributed by atoms with Gasteiger partial charge in [0.15, 0.2) is 10.1 Å². The highest BCUT2D eigenvalue weighted by molar-refractivity contribution is 8.01. The molecule has 3 rings (SSSR count). The van der Waals surface area contributed by atoms with E-state index in [4.69, 9.17) is 5.73 Å². The van der Waals surface area contributed by atoms with Gasteiger partial charge in [-0.25, -0.2) is 0 Å². The third-order valence-electron chi connectivity index (χ3n) is 2.86. The fourth-order valence-corrected chi connectivity index (χ4v) is 3.83. The average molecular weight is 277 g/mol. The van der Waals surface area contributed by atoms with Gasteiger partial charge in [-0.05, 0) is 31.0 Å². The first-order chi connectivity index (χ1) is 8.63. The first-order valence-electron chi connectivity index (χ1n) is 5.57. The van der Waals surface area contributed by atoms with E-state index in [1.54, 1.807) is 0 Å². The molecule has 1 aromatic heterocycles. The summed E-state index contributed by atoms with van der Waals surface area (Å²) in [5.41, 5.74) is 8.61. The average Bonchev–Trinajstić information content (AvgIpc) is 2.88. The highest BCUT2D eigenvalue weighted by atomic mass is 32.2. The van der Waals surface area contributed by atoms with Crippen LogP contribution in [0.15, 0.2) is 21.4 Å². The van der Waals surface area contributed by atoms with Crippen LogP contribution in [0.1, 0.15) is 27.3 Å². The van der Waals surface area contributed by atoms with Gasteiger partial charge in [0.05, 0.1) is 0 Å². The number of aromatic nitrogens is 2. The number of carbonyl (C=O) groups excluding carboxylic acids is 1. The van der Waals surface area contributed by atoms with Crippen molar-refractivity contribution in [3.8, 4) is 0 Å². The van der Waals surface area contributed by atoms with Crippen LogP contribution in [-0.4, -0.2) is 16.0 Å². The number of carbonyl (C=O) groups is 1. The number of Topliss-reactive ketones (excluding diaryl/α,β-unsaturated/α-hetero) is 1. The second-order valence-electron chi connectivity index (χ2n) is 4.16. The Hall–Kier alpha value is -1.40. The Morgan fingerprint density at radius 2 is 2.17 bits per heavy atom. The van der Waals surface area contributed by atoms with Gasteiger partial charge in [-0.2, -0.15) is 0 Å². The summed E-state index contributed by atoms with van der Waals surface area (Å²) in [5.74, 6) is 0.209. The van der Waals surface area contributed by atoms with Crippen molar-refractivity contribution in [1.29, 1.82) is 0 Å². The second kappa shape index (κ2) is 4.37. The minimum Gasteiger partial charge on any atom is -0.398 e. The van der Waals surface area contributed by atoms with E-state index in [-0.39, 0.29) is 5.78 Å². The van der Waals surface area contributed by atoms with Gasteiger partial charge in [0.25, 0.3) is 0 Å². The molecule has 0 bridgehead atoms. The Morgan fingerprint density at radius 3 is 2.89 bits per heavy atom. The Balaban J connectivity index is 1.97. The number of nitrogens with zero attached hydrogens (tertiary/aromatic N) is 2. The number of hydrogen-bond acceptors (Lipinski definition) is 6. The highest BCUT2D eigenvalue weighted by Gasteiger charge is 2.21. The van der Waals surface area contributed by atoms with E-state index >= 15 is 0 Å². The van der Waals surface area contributed by atoms with Crippen molar-refractivity contribution in [2.24, 2.45) is 0 Å². The molecule has 0 unspecified atom stereocenters. The van der Waals surface area contributed by atoms with Gasteiger partial charge < -0.3 is 5.73 Å². The van der Waals surface area contributed by atoms with Gasteiger partial charge in [-0.1, -0.05) is 23.1 Å². The third kappa shape index (κ3) is 2.02. The quantitative estimate of drug-likeness (QED) is 0.855. The van der Waals surface area contributed by atoms with Crippen LogP contribution in [0.2, 0.25) is 0 Å². The molecule has 0 fully saturated rings. The normalized spacial score (nSPS) is 13.9. The zero-order chi connectivity index (χ0) is 12.7. The van der Waals surface area contributed by atoms with Crippen molar-refractivity contribution < 1.29 is 4.79 Å². The number of hydrogen-bond donors (Lipinski definition) is 1. The summed E-state index contributed by atoms with van der Waals surface area (Å²) in [5, 5.41) is 8.95. The molecule has 0 radical (unpaired) electrons. The highest BCUT2D eigenvalue weighted by Crippen LogP contribution is 2.37. The van der Waals surface area contributed by atoms with Crippen LogP contribution in [-0.2, 0) is 6.42 Å². The molecule has 0 spiro atoms. The fraction of sp³-hybridized carbons (Fsp3) is 0.250. The summed E-state index contributed by atoms with van der Waals surface area (Å²) in [6, 6.07) is 3.80. The first-order valence-corrected chi connectivity index (χ1v) is 7.20. The standard InChI is InChI=1S/C12H11N3OS2/c1-6-14-15-12(17-6)18-11-5-8-7(4-9(11)13)2-3-10(8)16/h4-5H,2-3,13H2,1H3. The van der Waals surface area contributed by atoms with Gasteiger partial charge in [-0.3, -0.25) is 4.79 Å². The minimum absolute atomic E-state index is 0.209. The number of aryl methyl sites for hydroxylation is 2. The van der Waals surface area contributed by atoms with Crippen LogP contribution >= 0.6 is 23.1 Å². The second-order valence-corrected chi connectivity index (χ2v) is 6.63. The maximum Gasteiger partial charge on any atom is 0.179 e. The molecule has 0 saturated heterocycles. The molecule has 1 aliphatic carbocycles. The zero-order valence-corrected chi connectivity index (χ0v) is 11.4. The lowest BCUT2D eigenvalue weighted by Crippen LogP contribution is -1.95. The number of rotatable bonds is 2. The van der Waals surface area contributed by atoms with Crippen molar-refractivity contribution in [1.82, 2.24) is 10.2 Å². The van der Waals surface area contributed by atoms with Crippen LogP contribution in [0, 0.1) is 6.92 Å². The van der Waals surface area contributed by atoms with E-state index < -0.39 is 0 Å². The molecule has 1 aliphatic rings. The molecule has 0 aliphatic heterocycles. The number of nitrogens with two attached hydrogens (primary N) is 1. The predicted molar refractivity (Wildman–Crippen MR) is 72.3 cm³/mol. The summed E-state index contributed by atoms with van der Waals surface area (Å²) < 4.78 is 0.851. The van der Waals surface area contributed by atoms with Crippen LogP contribution < -0.4 is 5.73 Å². The lowest BCUT2D eigenvalue weighted by molar-refractivity contribution is 0.0994. The lowest BCUT2D eigenvalue weighted by atomic mass is 10.1. The van der Waals surface area contributed by atoms with Crippen LogP contribution in [0.3, 0.4) is 0 Å². The Labute approximate surface area is 113 Å². The molecular formula is C12H11N3OS2. The van der Waals surface area contributed by atoms with Crippen molar-refractivity contribution >= 4 is 34.6 Å². The van der Waals surface area contributed by atoms with Gasteiger partial charge in [0, 0.05) is 22.6 Å². The molecule has 0 saturated carbocycles. The Kier molecular flexibility index (Phi) is 2.83. The van der Waals surface area contributed by atoms with Gasteiger partial charge in [0.2, 0.25) is 0 Å². The summed E-state index contributed by atoms with van der Waals surface area (Å²) in [4.78, 5) is 12.6. The molecule has 2 aromatic rings. The number of nitrogen functional groups attached to an aromatic ring is 1. The molecule has 6 heteroatoms. The van der Waals surface area contributed by atoms with Gasteiger partial charge in [-0.15, -0.1) is 10.2 Å². The monoisotopic (exact) mass is 277 g/mol. The SMILES string of the molecule is Cc1nnc(Sc2cc3c(cc2N)CCC3=O)s1. The topological polar surface area (TPSA) is 68.9 Å². The summed E-state index contributed by atoms with van der Waals surface area (Å²) in [6.07, 6.45) is 1.40. The summed E-state index contributed by atoms with van der Waals surface area (Å²) in [6.45, 7) is 1.91. The van der Waals surface area contributed by atoms with Crippen molar-refractivity contribution in [2.75, 3.05) is 5.73 Å². The zero-order valence-electron chi connectivity index (χ0n) is 9.77. The smallest absolute Gasteiger partial charge is 0.179 e. The molecule has 0 amide bonds. The van der Waals surface area contributed by atoms with E-state index in [1.165, 1.54) is 23.1 Å². The van der Waals surface area contributed by atoms with Crippen molar-refractivity contribution in [2.45, 2.75) is 29.0 Å². The molecular weight excluding hydrogens is 266 g/mol. The van der Waals surface area contributed by atoms with E-state index in [9.17, 15) is 4.79 Å². The molecule has 18 heavy (non-hydrogen) atoms. The number of fused-ring (bicyclic) bond motifs is 1. The number of anilines is 1. The summed E-state index contributed by atoms with van der Waals surface area (Å²) >= 11 is 3.00. The molecule has 1 aromatic carbocycles. The molecule has 0 atom stereocenters. The van der Waals surface area contributed by atoms with Crippen molar-refractivity contribution in [3.05, 3.63) is 28.3 Å². The maximum absolute atomic E-state index is 11.7. The largest absolute Gasteiger partial charge is 0.398 e. The molecule has 2 N–H and O–H groups in total. The maximum atomic E-state index is 11.7. The van der Waals surface area contributed by atoms with E-state index in [0.717, 1.165) is 31.8 Å². The lowest BCUT2D eigenvalue weighted by Gasteiger charge is -2.06. The molecule has 92 valence electrons. The molecule has 4 nitrogen and oxygen atoms in total. The minimum atomic E-state index is 0.209. The summed E-state index contributed by atoms with van der Waals surface area (Å²) in [7, 11) is 0. The predicted octanol–water partition coefficient (Wildman–Crippen LogP) is 2.71. The van der Waals surface area contributed by atoms with E-state index in [1.807, 2.05) is 19.1 Å². The third-order valence-corrected chi connectivity index (χ3v) is 4.83. The van der Waals surface area contributed by atoms with Crippen LogP contribution in [0.5, 0.6) is 0 Å². The van der Waals surface area contributed by atoms with Crippen molar-refractivity contribution in [3.63, 3.8) is 0 Å². The van der Waals surface area contributed by atoms with Gasteiger partial charge in [0.1, 0.15) is 5.01 Å². The molecule has 1 heterocycles. The Bertz CT molecular complexity index is 636. The number of benzene rings is 1. The van der Waals surface area contributed by atoms with E-state index in [2.05, 4.69) is 10.2 Å². The van der Waals surface area contributed by atoms with Crippen LogP contribution in [0.4, 0.5) is 5.69 Å². The number of ketones is 1. The Morgan fingerprint density at radius 1 is 1.33 bits per heavy atom. The first kappa shape index (κ1) is 11.7. The van der Waals surface area contributed by atoms with E-state index in [0.29, 0.717) is 12.1 Å². The van der Waals surface area contributed by atoms with Crippen LogP contribution in [0.25, 0.3) is 0 Å². The van der Waals surface area contributed by atoms with Gasteiger partial charge >= 0.3 is 0 Å². The fourth-order valence-electron chi connectivity index (χ4n) is 2.00.